The number of carbonyl (C=O) groups is 1. The maximum atomic E-state index is 11.3. The SMILES string of the molecule is Cc1ccc(-c2c(CNC(=O)O)c(CC(C)C)nc3ccc(CCCO)cc23)cc1. The second-order valence-corrected chi connectivity index (χ2v) is 8.21. The first kappa shape index (κ1) is 21.8. The van der Waals surface area contributed by atoms with Gasteiger partial charge in [-0.3, -0.25) is 4.98 Å². The highest BCUT2D eigenvalue weighted by Crippen LogP contribution is 2.35. The Bertz CT molecular complexity index is 1030. The highest BCUT2D eigenvalue weighted by molar-refractivity contribution is 5.97. The molecule has 0 fully saturated rings. The number of nitrogens with one attached hydrogen (secondary N) is 1. The van der Waals surface area contributed by atoms with Crippen molar-refractivity contribution in [3.8, 4) is 11.1 Å². The highest BCUT2D eigenvalue weighted by atomic mass is 16.4. The quantitative estimate of drug-likeness (QED) is 0.486. The van der Waals surface area contributed by atoms with Crippen LogP contribution in [0.2, 0.25) is 0 Å². The van der Waals surface area contributed by atoms with Crippen LogP contribution >= 0.6 is 0 Å². The van der Waals surface area contributed by atoms with E-state index in [4.69, 9.17) is 4.98 Å². The lowest BCUT2D eigenvalue weighted by molar-refractivity contribution is 0.194. The maximum Gasteiger partial charge on any atom is 0.404 e. The van der Waals surface area contributed by atoms with Crippen LogP contribution in [0.1, 0.15) is 42.7 Å². The van der Waals surface area contributed by atoms with Crippen molar-refractivity contribution in [3.63, 3.8) is 0 Å². The predicted molar refractivity (Wildman–Crippen MR) is 121 cm³/mol. The third-order valence-electron chi connectivity index (χ3n) is 5.22. The second-order valence-electron chi connectivity index (χ2n) is 8.21. The molecule has 0 bridgehead atoms. The van der Waals surface area contributed by atoms with Crippen molar-refractivity contribution in [2.24, 2.45) is 5.92 Å². The lowest BCUT2D eigenvalue weighted by Crippen LogP contribution is -2.22. The minimum absolute atomic E-state index is 0.155. The lowest BCUT2D eigenvalue weighted by Gasteiger charge is -2.19. The summed E-state index contributed by atoms with van der Waals surface area (Å²) in [6.07, 6.45) is 1.23. The molecule has 3 aromatic rings. The molecule has 0 saturated heterocycles. The van der Waals surface area contributed by atoms with Gasteiger partial charge in [-0.15, -0.1) is 0 Å². The van der Waals surface area contributed by atoms with Gasteiger partial charge in [-0.25, -0.2) is 4.79 Å². The number of hydrogen-bond donors (Lipinski definition) is 3. The van der Waals surface area contributed by atoms with Gasteiger partial charge in [0, 0.05) is 29.8 Å². The first-order valence-electron chi connectivity index (χ1n) is 10.5. The van der Waals surface area contributed by atoms with Gasteiger partial charge in [0.15, 0.2) is 0 Å². The Labute approximate surface area is 177 Å². The van der Waals surface area contributed by atoms with Crippen LogP contribution in [0.25, 0.3) is 22.0 Å². The average Bonchev–Trinajstić information content (AvgIpc) is 2.70. The minimum atomic E-state index is -1.04. The number of rotatable bonds is 8. The van der Waals surface area contributed by atoms with Gasteiger partial charge in [-0.2, -0.15) is 0 Å². The fraction of sp³-hybridized carbons (Fsp3) is 0.360. The van der Waals surface area contributed by atoms with Gasteiger partial charge >= 0.3 is 6.09 Å². The standard InChI is InChI=1S/C25H30N2O3/c1-16(2)13-23-21(15-26-25(29)30)24(19-9-6-17(3)7-10-19)20-14-18(5-4-12-28)8-11-22(20)27-23/h6-11,14,16,26,28H,4-5,12-13,15H2,1-3H3,(H,29,30). The normalized spacial score (nSPS) is 11.2. The van der Waals surface area contributed by atoms with Crippen molar-refractivity contribution in [1.29, 1.82) is 0 Å². The number of nitrogens with zero attached hydrogens (tertiary/aromatic N) is 1. The van der Waals surface area contributed by atoms with Crippen LogP contribution in [0.4, 0.5) is 4.79 Å². The molecule has 1 amide bonds. The molecule has 3 N–H and O–H groups in total. The number of aliphatic hydroxyl groups is 1. The molecule has 0 radical (unpaired) electrons. The Morgan fingerprint density at radius 1 is 1.13 bits per heavy atom. The molecule has 1 aromatic heterocycles. The van der Waals surface area contributed by atoms with Crippen LogP contribution < -0.4 is 5.32 Å². The molecule has 30 heavy (non-hydrogen) atoms. The monoisotopic (exact) mass is 406 g/mol. The number of carboxylic acid groups (broad SMARTS) is 1. The smallest absolute Gasteiger partial charge is 0.404 e. The zero-order valence-electron chi connectivity index (χ0n) is 17.9. The van der Waals surface area contributed by atoms with Crippen molar-refractivity contribution in [2.75, 3.05) is 6.61 Å². The number of aliphatic hydroxyl groups excluding tert-OH is 1. The van der Waals surface area contributed by atoms with Gasteiger partial charge in [0.1, 0.15) is 0 Å². The summed E-state index contributed by atoms with van der Waals surface area (Å²) in [5.41, 5.74) is 7.18. The highest BCUT2D eigenvalue weighted by Gasteiger charge is 2.18. The number of benzene rings is 2. The van der Waals surface area contributed by atoms with E-state index in [1.54, 1.807) is 0 Å². The molecule has 5 heteroatoms. The van der Waals surface area contributed by atoms with E-state index < -0.39 is 6.09 Å². The predicted octanol–water partition coefficient (Wildman–Crippen LogP) is 5.10. The lowest BCUT2D eigenvalue weighted by atomic mass is 9.90. The number of aryl methyl sites for hydroxylation is 2. The van der Waals surface area contributed by atoms with E-state index in [-0.39, 0.29) is 13.2 Å². The fourth-order valence-electron chi connectivity index (χ4n) is 3.80. The first-order valence-corrected chi connectivity index (χ1v) is 10.5. The first-order chi connectivity index (χ1) is 14.4. The van der Waals surface area contributed by atoms with E-state index in [2.05, 4.69) is 62.5 Å². The van der Waals surface area contributed by atoms with Gasteiger partial charge in [0.05, 0.1) is 5.52 Å². The number of aromatic nitrogens is 1. The third-order valence-corrected chi connectivity index (χ3v) is 5.22. The topological polar surface area (TPSA) is 82.5 Å². The van der Waals surface area contributed by atoms with Crippen molar-refractivity contribution >= 4 is 17.0 Å². The van der Waals surface area contributed by atoms with Crippen LogP contribution in [-0.2, 0) is 19.4 Å². The number of fused-ring (bicyclic) bond motifs is 1. The Morgan fingerprint density at radius 3 is 2.50 bits per heavy atom. The summed E-state index contributed by atoms with van der Waals surface area (Å²) >= 11 is 0. The largest absolute Gasteiger partial charge is 0.465 e. The molecule has 0 aliphatic rings. The molecule has 0 aliphatic carbocycles. The van der Waals surface area contributed by atoms with Gasteiger partial charge in [-0.1, -0.05) is 49.7 Å². The number of hydrogen-bond acceptors (Lipinski definition) is 3. The van der Waals surface area contributed by atoms with E-state index in [0.29, 0.717) is 12.3 Å². The molecule has 0 saturated carbocycles. The van der Waals surface area contributed by atoms with E-state index in [0.717, 1.165) is 51.7 Å². The van der Waals surface area contributed by atoms with Crippen LogP contribution in [0, 0.1) is 12.8 Å². The molecule has 0 unspecified atom stereocenters. The molecule has 2 aromatic carbocycles. The summed E-state index contributed by atoms with van der Waals surface area (Å²) < 4.78 is 0. The minimum Gasteiger partial charge on any atom is -0.465 e. The zero-order chi connectivity index (χ0) is 21.7. The van der Waals surface area contributed by atoms with Crippen LogP contribution in [-0.4, -0.2) is 27.9 Å². The summed E-state index contributed by atoms with van der Waals surface area (Å²) in [5, 5.41) is 22.0. The van der Waals surface area contributed by atoms with Crippen molar-refractivity contribution in [1.82, 2.24) is 10.3 Å². The summed E-state index contributed by atoms with van der Waals surface area (Å²) in [6, 6.07) is 14.6. The van der Waals surface area contributed by atoms with E-state index in [1.165, 1.54) is 5.56 Å². The molecular weight excluding hydrogens is 376 g/mol. The van der Waals surface area contributed by atoms with Gasteiger partial charge in [0.2, 0.25) is 0 Å². The van der Waals surface area contributed by atoms with Crippen molar-refractivity contribution in [2.45, 2.75) is 46.6 Å². The zero-order valence-corrected chi connectivity index (χ0v) is 17.9. The molecule has 3 rings (SSSR count). The summed E-state index contributed by atoms with van der Waals surface area (Å²) in [5.74, 6) is 0.397. The average molecular weight is 407 g/mol. The second kappa shape index (κ2) is 9.72. The Kier molecular flexibility index (Phi) is 7.06. The Morgan fingerprint density at radius 2 is 1.87 bits per heavy atom. The van der Waals surface area contributed by atoms with Gasteiger partial charge < -0.3 is 15.5 Å². The summed E-state index contributed by atoms with van der Waals surface area (Å²) in [4.78, 5) is 16.2. The van der Waals surface area contributed by atoms with Gasteiger partial charge in [-0.05, 0) is 60.9 Å². The van der Waals surface area contributed by atoms with Gasteiger partial charge in [0.25, 0.3) is 0 Å². The summed E-state index contributed by atoms with van der Waals surface area (Å²) in [6.45, 7) is 6.71. The molecule has 0 aliphatic heterocycles. The van der Waals surface area contributed by atoms with E-state index in [1.807, 2.05) is 6.07 Å². The molecule has 0 spiro atoms. The Balaban J connectivity index is 2.29. The molecule has 0 atom stereocenters. The molecule has 158 valence electrons. The van der Waals surface area contributed by atoms with Crippen molar-refractivity contribution in [3.05, 3.63) is 64.8 Å². The fourth-order valence-corrected chi connectivity index (χ4v) is 3.80. The van der Waals surface area contributed by atoms with Crippen LogP contribution in [0.5, 0.6) is 0 Å². The summed E-state index contributed by atoms with van der Waals surface area (Å²) in [7, 11) is 0. The third kappa shape index (κ3) is 5.16. The van der Waals surface area contributed by atoms with E-state index in [9.17, 15) is 15.0 Å². The number of amides is 1. The van der Waals surface area contributed by atoms with Crippen LogP contribution in [0.3, 0.4) is 0 Å². The van der Waals surface area contributed by atoms with Crippen molar-refractivity contribution < 1.29 is 15.0 Å². The van der Waals surface area contributed by atoms with Crippen LogP contribution in [0.15, 0.2) is 42.5 Å². The molecular formula is C25H30N2O3. The molecule has 1 heterocycles. The Hall–Kier alpha value is -2.92. The molecule has 5 nitrogen and oxygen atoms in total. The van der Waals surface area contributed by atoms with E-state index >= 15 is 0 Å². The number of pyridine rings is 1. The maximum absolute atomic E-state index is 11.3.